The largest absolute Gasteiger partial charge is 0.445 e. The molecule has 2 aromatic carbocycles. The molecular weight excluding hydrogens is 360 g/mol. The van der Waals surface area contributed by atoms with Crippen LogP contribution >= 0.6 is 0 Å². The van der Waals surface area contributed by atoms with Gasteiger partial charge in [0.2, 0.25) is 5.89 Å². The van der Waals surface area contributed by atoms with Gasteiger partial charge < -0.3 is 9.32 Å². The number of Topliss-reactive ketones (excluding diaryl/α,β-unsaturated/α-hetero) is 1. The molecule has 0 N–H and O–H groups in total. The summed E-state index contributed by atoms with van der Waals surface area (Å²) in [6.45, 7) is 7.67. The van der Waals surface area contributed by atoms with Gasteiger partial charge in [-0.2, -0.15) is 0 Å². The van der Waals surface area contributed by atoms with E-state index in [-0.39, 0.29) is 5.78 Å². The van der Waals surface area contributed by atoms with Crippen molar-refractivity contribution in [2.45, 2.75) is 39.0 Å². The van der Waals surface area contributed by atoms with Gasteiger partial charge in [0.15, 0.2) is 5.78 Å². The fraction of sp³-hybridized carbons (Fsp3) is 0.360. The van der Waals surface area contributed by atoms with Crippen LogP contribution in [0.3, 0.4) is 0 Å². The van der Waals surface area contributed by atoms with E-state index in [4.69, 9.17) is 4.42 Å². The van der Waals surface area contributed by atoms with Crippen molar-refractivity contribution >= 4 is 5.78 Å². The summed E-state index contributed by atoms with van der Waals surface area (Å²) in [7, 11) is 0. The Morgan fingerprint density at radius 2 is 1.90 bits per heavy atom. The summed E-state index contributed by atoms with van der Waals surface area (Å²) in [5, 5.41) is 0. The van der Waals surface area contributed by atoms with Crippen LogP contribution in [0.15, 0.2) is 47.2 Å². The first-order valence-corrected chi connectivity index (χ1v) is 10.7. The van der Waals surface area contributed by atoms with Crippen LogP contribution in [0.2, 0.25) is 0 Å². The zero-order valence-electron chi connectivity index (χ0n) is 17.1. The Balaban J connectivity index is 1.63. The molecule has 0 saturated heterocycles. The number of carbonyl (C=O) groups excluding carboxylic acids is 1. The molecule has 4 nitrogen and oxygen atoms in total. The van der Waals surface area contributed by atoms with Gasteiger partial charge in [-0.3, -0.25) is 4.79 Å². The minimum Gasteiger partial charge on any atom is -0.445 e. The quantitative estimate of drug-likeness (QED) is 0.576. The first-order chi connectivity index (χ1) is 14.2. The molecule has 1 atom stereocenters. The molecule has 0 amide bonds. The van der Waals surface area contributed by atoms with Crippen molar-refractivity contribution in [3.63, 3.8) is 0 Å². The fourth-order valence-corrected chi connectivity index (χ4v) is 5.07. The highest BCUT2D eigenvalue weighted by Crippen LogP contribution is 2.51. The van der Waals surface area contributed by atoms with E-state index in [0.29, 0.717) is 18.2 Å². The van der Waals surface area contributed by atoms with E-state index in [1.807, 2.05) is 0 Å². The summed E-state index contributed by atoms with van der Waals surface area (Å²) in [5.41, 5.74) is 8.45. The van der Waals surface area contributed by atoms with E-state index in [1.165, 1.54) is 27.8 Å². The molecule has 0 aliphatic heterocycles. The van der Waals surface area contributed by atoms with E-state index in [2.05, 4.69) is 54.1 Å². The van der Waals surface area contributed by atoms with Crippen LogP contribution in [0.5, 0.6) is 0 Å². The zero-order chi connectivity index (χ0) is 20.0. The second kappa shape index (κ2) is 7.27. The average molecular weight is 386 g/mol. The summed E-state index contributed by atoms with van der Waals surface area (Å²) in [6, 6.07) is 10.8. The fourth-order valence-electron chi connectivity index (χ4n) is 5.07. The molecule has 1 heterocycles. The zero-order valence-corrected chi connectivity index (χ0v) is 17.1. The van der Waals surface area contributed by atoms with Gasteiger partial charge in [0.25, 0.3) is 0 Å². The predicted octanol–water partition coefficient (Wildman–Crippen LogP) is 5.31. The minimum atomic E-state index is 0.278. The summed E-state index contributed by atoms with van der Waals surface area (Å²) in [4.78, 5) is 19.2. The maximum absolute atomic E-state index is 12.4. The summed E-state index contributed by atoms with van der Waals surface area (Å²) in [5.74, 6) is 1.30. The normalized spacial score (nSPS) is 16.9. The van der Waals surface area contributed by atoms with Gasteiger partial charge in [-0.25, -0.2) is 4.98 Å². The lowest BCUT2D eigenvalue weighted by Crippen LogP contribution is -2.25. The average Bonchev–Trinajstić information content (AvgIpc) is 3.47. The number of rotatable bonds is 6. The number of nitrogens with zero attached hydrogens (tertiary/aromatic N) is 2. The molecule has 0 fully saturated rings. The van der Waals surface area contributed by atoms with Crippen LogP contribution in [0.4, 0.5) is 0 Å². The van der Waals surface area contributed by atoms with Crippen molar-refractivity contribution in [2.75, 3.05) is 19.6 Å². The lowest BCUT2D eigenvalue weighted by molar-refractivity contribution is 0.0994. The number of hydrogen-bond acceptors (Lipinski definition) is 4. The van der Waals surface area contributed by atoms with E-state index < -0.39 is 0 Å². The van der Waals surface area contributed by atoms with Crippen molar-refractivity contribution in [3.8, 4) is 22.6 Å². The van der Waals surface area contributed by atoms with Crippen molar-refractivity contribution in [1.82, 2.24) is 9.88 Å². The van der Waals surface area contributed by atoms with Gasteiger partial charge >= 0.3 is 0 Å². The highest BCUT2D eigenvalue weighted by atomic mass is 16.3. The first kappa shape index (κ1) is 18.3. The maximum Gasteiger partial charge on any atom is 0.225 e. The minimum absolute atomic E-state index is 0.278. The van der Waals surface area contributed by atoms with E-state index in [1.54, 1.807) is 12.5 Å². The highest BCUT2D eigenvalue weighted by Gasteiger charge is 2.34. The number of aromatic nitrogens is 1. The highest BCUT2D eigenvalue weighted by molar-refractivity contribution is 6.03. The predicted molar refractivity (Wildman–Crippen MR) is 114 cm³/mol. The van der Waals surface area contributed by atoms with Crippen molar-refractivity contribution in [2.24, 2.45) is 0 Å². The monoisotopic (exact) mass is 386 g/mol. The van der Waals surface area contributed by atoms with E-state index >= 15 is 0 Å². The molecule has 0 saturated carbocycles. The van der Waals surface area contributed by atoms with Gasteiger partial charge in [0.05, 0.1) is 6.20 Å². The second-order valence-electron chi connectivity index (χ2n) is 7.99. The third-order valence-electron chi connectivity index (χ3n) is 6.63. The molecule has 29 heavy (non-hydrogen) atoms. The van der Waals surface area contributed by atoms with Gasteiger partial charge in [0, 0.05) is 23.5 Å². The lowest BCUT2D eigenvalue weighted by Gasteiger charge is -2.21. The van der Waals surface area contributed by atoms with Gasteiger partial charge in [0.1, 0.15) is 6.26 Å². The molecule has 2 aliphatic rings. The Labute approximate surface area is 171 Å². The molecule has 148 valence electrons. The van der Waals surface area contributed by atoms with E-state index in [0.717, 1.165) is 43.6 Å². The number of ketones is 1. The van der Waals surface area contributed by atoms with Crippen LogP contribution in [0.25, 0.3) is 22.6 Å². The van der Waals surface area contributed by atoms with Crippen molar-refractivity contribution in [1.29, 1.82) is 0 Å². The molecular formula is C25H26N2O2. The Morgan fingerprint density at radius 1 is 1.07 bits per heavy atom. The smallest absolute Gasteiger partial charge is 0.225 e. The van der Waals surface area contributed by atoms with Crippen molar-refractivity contribution < 1.29 is 9.21 Å². The molecule has 1 aromatic heterocycles. The molecule has 0 bridgehead atoms. The van der Waals surface area contributed by atoms with Crippen LogP contribution in [0.1, 0.15) is 59.7 Å². The molecule has 1 unspecified atom stereocenters. The number of fused-ring (bicyclic) bond motifs is 5. The Hall–Kier alpha value is -2.72. The summed E-state index contributed by atoms with van der Waals surface area (Å²) >= 11 is 0. The molecule has 0 spiro atoms. The van der Waals surface area contributed by atoms with Crippen LogP contribution < -0.4 is 0 Å². The second-order valence-corrected chi connectivity index (χ2v) is 7.99. The van der Waals surface area contributed by atoms with E-state index in [9.17, 15) is 4.79 Å². The SMILES string of the molecule is CCN(CC)CCC1c2ccc(-c3ncco3)cc2-c2c1ccc1c2CCC1=O. The Bertz CT molecular complexity index is 1060. The topological polar surface area (TPSA) is 46.3 Å². The molecule has 3 aromatic rings. The summed E-state index contributed by atoms with van der Waals surface area (Å²) in [6.07, 6.45) is 5.86. The number of benzene rings is 2. The Morgan fingerprint density at radius 3 is 2.66 bits per heavy atom. The summed E-state index contributed by atoms with van der Waals surface area (Å²) < 4.78 is 5.54. The Kier molecular flexibility index (Phi) is 4.59. The van der Waals surface area contributed by atoms with Crippen LogP contribution in [-0.4, -0.2) is 35.3 Å². The van der Waals surface area contributed by atoms with Gasteiger partial charge in [-0.1, -0.05) is 32.0 Å². The van der Waals surface area contributed by atoms with Crippen LogP contribution in [-0.2, 0) is 6.42 Å². The number of oxazole rings is 1. The third kappa shape index (κ3) is 2.94. The molecule has 5 rings (SSSR count). The first-order valence-electron chi connectivity index (χ1n) is 10.7. The van der Waals surface area contributed by atoms with Gasteiger partial charge in [-0.15, -0.1) is 0 Å². The number of carbonyl (C=O) groups is 1. The third-order valence-corrected chi connectivity index (χ3v) is 6.63. The molecule has 4 heteroatoms. The molecule has 0 radical (unpaired) electrons. The van der Waals surface area contributed by atoms with Crippen molar-refractivity contribution in [3.05, 3.63) is 65.0 Å². The van der Waals surface area contributed by atoms with Gasteiger partial charge in [-0.05, 0) is 72.4 Å². The standard InChI is InChI=1S/C25H26N2O2/c1-3-27(4-2)13-11-18-17-6-5-16(25-26-12-14-29-25)15-22(17)24-20(18)8-7-19-21(24)9-10-23(19)28/h5-8,12,14-15,18H,3-4,9-11,13H2,1-2H3. The maximum atomic E-state index is 12.4. The molecule has 2 aliphatic carbocycles. The van der Waals surface area contributed by atoms with Crippen LogP contribution in [0, 0.1) is 0 Å². The lowest BCUT2D eigenvalue weighted by atomic mass is 9.91. The number of hydrogen-bond donors (Lipinski definition) is 0.